The maximum absolute atomic E-state index is 12.6. The van der Waals surface area contributed by atoms with Crippen molar-refractivity contribution in [3.63, 3.8) is 0 Å². The number of unbranched alkanes of at least 4 members (excludes halogenated alkanes) is 13. The minimum atomic E-state index is -4.64. The van der Waals surface area contributed by atoms with Crippen LogP contribution in [0.3, 0.4) is 0 Å². The highest BCUT2D eigenvalue weighted by molar-refractivity contribution is 7.47. The molecule has 11 heteroatoms. The first-order valence-corrected chi connectivity index (χ1v) is 22.9. The number of phosphoric ester groups is 1. The molecule has 0 aromatic carbocycles. The molecular formula is C45H77O10P. The normalized spacial score (nSPS) is 14.6. The van der Waals surface area contributed by atoms with Crippen LogP contribution in [-0.2, 0) is 32.7 Å². The fraction of sp³-hybridized carbons (Fsp3) is 0.689. The Labute approximate surface area is 339 Å². The average Bonchev–Trinajstić information content (AvgIpc) is 3.19. The van der Waals surface area contributed by atoms with Crippen molar-refractivity contribution in [2.24, 2.45) is 0 Å². The summed E-state index contributed by atoms with van der Waals surface area (Å²) in [6, 6.07) is 0. The summed E-state index contributed by atoms with van der Waals surface area (Å²) in [4.78, 5) is 34.9. The number of carbonyl (C=O) groups is 2. The van der Waals surface area contributed by atoms with E-state index in [9.17, 15) is 24.2 Å². The number of carbonyl (C=O) groups excluding carboxylic acids is 2. The van der Waals surface area contributed by atoms with E-state index in [1.807, 2.05) is 12.2 Å². The number of hydrogen-bond acceptors (Lipinski definition) is 9. The van der Waals surface area contributed by atoms with Crippen molar-refractivity contribution in [3.05, 3.63) is 72.9 Å². The number of rotatable bonds is 39. The molecule has 0 saturated heterocycles. The van der Waals surface area contributed by atoms with E-state index >= 15 is 0 Å². The molecule has 56 heavy (non-hydrogen) atoms. The minimum Gasteiger partial charge on any atom is -0.462 e. The van der Waals surface area contributed by atoms with Gasteiger partial charge in [-0.25, -0.2) is 4.57 Å². The molecule has 0 aromatic heterocycles. The molecule has 0 amide bonds. The van der Waals surface area contributed by atoms with Crippen molar-refractivity contribution in [2.75, 3.05) is 26.4 Å². The van der Waals surface area contributed by atoms with Crippen LogP contribution in [0, 0.1) is 0 Å². The van der Waals surface area contributed by atoms with Gasteiger partial charge in [-0.1, -0.05) is 170 Å². The molecule has 0 spiro atoms. The van der Waals surface area contributed by atoms with Crippen molar-refractivity contribution in [1.29, 1.82) is 0 Å². The second-order valence-electron chi connectivity index (χ2n) is 14.0. The van der Waals surface area contributed by atoms with E-state index in [2.05, 4.69) is 79.1 Å². The molecule has 3 atom stereocenters. The van der Waals surface area contributed by atoms with Gasteiger partial charge in [0.25, 0.3) is 0 Å². The standard InChI is InChI=1S/C45H77O10P/c1-3-5-7-9-11-13-15-17-19-20-21-22-23-25-27-29-31-33-35-37-45(49)55-43(41-54-56(50,51)53-39-42(47)38-46)40-52-44(48)36-34-32-30-28-26-24-18-16-14-12-10-8-6-4-2/h5,7,11,13,17,19,21-22,25,27,31,33,42-43,46-47H,3-4,6,8-10,12,14-16,18,20,23-24,26,28-30,32,34-41H2,1-2H3,(H,50,51)/b7-5-,13-11-,19-17-,22-21-,27-25-,33-31-/t42-,43+/m0/s1. The summed E-state index contributed by atoms with van der Waals surface area (Å²) >= 11 is 0. The van der Waals surface area contributed by atoms with Crippen LogP contribution in [0.5, 0.6) is 0 Å². The van der Waals surface area contributed by atoms with E-state index in [0.717, 1.165) is 57.8 Å². The molecule has 0 fully saturated rings. The van der Waals surface area contributed by atoms with Gasteiger partial charge >= 0.3 is 19.8 Å². The van der Waals surface area contributed by atoms with Crippen LogP contribution in [0.15, 0.2) is 72.9 Å². The zero-order valence-corrected chi connectivity index (χ0v) is 35.7. The Bertz CT molecular complexity index is 1160. The SMILES string of the molecule is CC/C=C\C/C=C\C/C=C\C/C=C\C/C=C\C/C=C\CCC(=O)O[C@H](COC(=O)CCCCCCCCCCCCCCCC)COP(=O)(O)OC[C@@H](O)CO. The lowest BCUT2D eigenvalue weighted by Gasteiger charge is -2.20. The molecule has 322 valence electrons. The number of aliphatic hydroxyl groups excluding tert-OH is 2. The Kier molecular flexibility index (Phi) is 38.7. The van der Waals surface area contributed by atoms with Crippen LogP contribution < -0.4 is 0 Å². The third kappa shape index (κ3) is 39.6. The molecule has 10 nitrogen and oxygen atoms in total. The smallest absolute Gasteiger partial charge is 0.462 e. The first-order valence-electron chi connectivity index (χ1n) is 21.4. The van der Waals surface area contributed by atoms with E-state index in [0.29, 0.717) is 12.8 Å². The second kappa shape index (κ2) is 40.6. The van der Waals surface area contributed by atoms with Gasteiger partial charge in [-0.3, -0.25) is 18.6 Å². The quantitative estimate of drug-likeness (QED) is 0.0237. The monoisotopic (exact) mass is 809 g/mol. The third-order valence-corrected chi connectivity index (χ3v) is 9.59. The number of allylic oxidation sites excluding steroid dienone is 12. The van der Waals surface area contributed by atoms with Gasteiger partial charge in [-0.2, -0.15) is 0 Å². The van der Waals surface area contributed by atoms with Crippen LogP contribution in [0.1, 0.15) is 162 Å². The number of aliphatic hydroxyl groups is 2. The number of ether oxygens (including phenoxy) is 2. The van der Waals surface area contributed by atoms with Crippen LogP contribution >= 0.6 is 7.82 Å². The lowest BCUT2D eigenvalue weighted by Crippen LogP contribution is -2.29. The highest BCUT2D eigenvalue weighted by Crippen LogP contribution is 2.43. The van der Waals surface area contributed by atoms with Crippen LogP contribution in [-0.4, -0.2) is 65.7 Å². The Morgan fingerprint density at radius 1 is 0.554 bits per heavy atom. The van der Waals surface area contributed by atoms with Gasteiger partial charge in [0.1, 0.15) is 12.7 Å². The Morgan fingerprint density at radius 3 is 1.45 bits per heavy atom. The van der Waals surface area contributed by atoms with Crippen molar-refractivity contribution in [3.8, 4) is 0 Å². The van der Waals surface area contributed by atoms with Crippen molar-refractivity contribution < 1.29 is 47.8 Å². The van der Waals surface area contributed by atoms with Gasteiger partial charge in [0.15, 0.2) is 6.10 Å². The number of phosphoric acid groups is 1. The summed E-state index contributed by atoms with van der Waals surface area (Å²) in [6.45, 7) is 2.17. The average molecular weight is 809 g/mol. The van der Waals surface area contributed by atoms with Gasteiger partial charge in [-0.05, 0) is 51.4 Å². The van der Waals surface area contributed by atoms with Crippen molar-refractivity contribution >= 4 is 19.8 Å². The van der Waals surface area contributed by atoms with E-state index < -0.39 is 51.8 Å². The van der Waals surface area contributed by atoms with E-state index in [-0.39, 0.29) is 19.4 Å². The van der Waals surface area contributed by atoms with Crippen molar-refractivity contribution in [2.45, 2.75) is 174 Å². The van der Waals surface area contributed by atoms with Crippen LogP contribution in [0.2, 0.25) is 0 Å². The summed E-state index contributed by atoms with van der Waals surface area (Å²) in [5.41, 5.74) is 0. The van der Waals surface area contributed by atoms with Gasteiger partial charge in [0, 0.05) is 12.8 Å². The van der Waals surface area contributed by atoms with Gasteiger partial charge in [0.05, 0.1) is 19.8 Å². The molecule has 0 heterocycles. The highest BCUT2D eigenvalue weighted by atomic mass is 31.2. The molecule has 0 rings (SSSR count). The van der Waals surface area contributed by atoms with Gasteiger partial charge in [-0.15, -0.1) is 0 Å². The molecule has 1 unspecified atom stereocenters. The number of hydrogen-bond donors (Lipinski definition) is 3. The lowest BCUT2D eigenvalue weighted by atomic mass is 10.0. The maximum Gasteiger partial charge on any atom is 0.472 e. The maximum atomic E-state index is 12.6. The predicted molar refractivity (Wildman–Crippen MR) is 228 cm³/mol. The third-order valence-electron chi connectivity index (χ3n) is 8.64. The lowest BCUT2D eigenvalue weighted by molar-refractivity contribution is -0.161. The molecule has 3 N–H and O–H groups in total. The topological polar surface area (TPSA) is 149 Å². The largest absolute Gasteiger partial charge is 0.472 e. The summed E-state index contributed by atoms with van der Waals surface area (Å²) in [5.74, 6) is -1.02. The second-order valence-corrected chi connectivity index (χ2v) is 15.4. The predicted octanol–water partition coefficient (Wildman–Crippen LogP) is 11.3. The van der Waals surface area contributed by atoms with Gasteiger partial charge in [0.2, 0.25) is 0 Å². The summed E-state index contributed by atoms with van der Waals surface area (Å²) in [6.07, 6.45) is 46.0. The Balaban J connectivity index is 4.44. The molecular weight excluding hydrogens is 731 g/mol. The molecule has 0 aliphatic carbocycles. The Morgan fingerprint density at radius 2 is 0.982 bits per heavy atom. The minimum absolute atomic E-state index is 0.0572. The summed E-state index contributed by atoms with van der Waals surface area (Å²) in [5, 5.41) is 18.3. The molecule has 0 bridgehead atoms. The van der Waals surface area contributed by atoms with E-state index in [1.54, 1.807) is 0 Å². The fourth-order valence-corrected chi connectivity index (χ4v) is 6.16. The zero-order valence-electron chi connectivity index (χ0n) is 34.8. The van der Waals surface area contributed by atoms with Crippen LogP contribution in [0.25, 0.3) is 0 Å². The molecule has 0 radical (unpaired) electrons. The highest BCUT2D eigenvalue weighted by Gasteiger charge is 2.27. The van der Waals surface area contributed by atoms with E-state index in [4.69, 9.17) is 19.1 Å². The zero-order chi connectivity index (χ0) is 41.2. The molecule has 0 saturated carbocycles. The first-order chi connectivity index (χ1) is 27.2. The molecule has 0 aliphatic heterocycles. The fourth-order valence-electron chi connectivity index (χ4n) is 5.37. The number of esters is 2. The molecule has 0 aromatic rings. The van der Waals surface area contributed by atoms with Crippen molar-refractivity contribution in [1.82, 2.24) is 0 Å². The van der Waals surface area contributed by atoms with Gasteiger partial charge < -0.3 is 24.6 Å². The van der Waals surface area contributed by atoms with Crippen LogP contribution in [0.4, 0.5) is 0 Å². The summed E-state index contributed by atoms with van der Waals surface area (Å²) < 4.78 is 32.6. The van der Waals surface area contributed by atoms with E-state index in [1.165, 1.54) is 64.2 Å². The first kappa shape index (κ1) is 53.4. The summed E-state index contributed by atoms with van der Waals surface area (Å²) in [7, 11) is -4.64. The Hall–Kier alpha value is -2.59. The molecule has 0 aliphatic rings.